The highest BCUT2D eigenvalue weighted by atomic mass is 16.3. The molecule has 1 heterocycles. The summed E-state index contributed by atoms with van der Waals surface area (Å²) in [6.45, 7) is 0. The molecular weight excluding hydrogens is 811 g/mol. The van der Waals surface area contributed by atoms with Gasteiger partial charge in [0, 0.05) is 27.7 Å². The molecule has 0 fully saturated rings. The number of furan rings is 1. The number of para-hydroxylation sites is 1. The van der Waals surface area contributed by atoms with Gasteiger partial charge in [-0.3, -0.25) is 0 Å². The van der Waals surface area contributed by atoms with Crippen LogP contribution in [0, 0.1) is 0 Å². The SMILES string of the molecule is c1ccc(-c2ccc(-c3ccc4cc(N(c5ccc(-c6ccc7oc8ccccc8c7c6)cc5)c5cccc6c5-c5ccccc5C6(c5ccccc5)c5ccccc5)ccc4c3)cc2)cc1. The molecule has 0 radical (unpaired) electrons. The third kappa shape index (κ3) is 6.33. The molecule has 0 unspecified atom stereocenters. The van der Waals surface area contributed by atoms with Gasteiger partial charge >= 0.3 is 0 Å². The lowest BCUT2D eigenvalue weighted by Gasteiger charge is -2.34. The number of hydrogen-bond donors (Lipinski definition) is 0. The first-order valence-electron chi connectivity index (χ1n) is 23.1. The molecule has 0 amide bonds. The van der Waals surface area contributed by atoms with Crippen molar-refractivity contribution in [3.05, 3.63) is 283 Å². The van der Waals surface area contributed by atoms with Crippen molar-refractivity contribution in [2.24, 2.45) is 0 Å². The van der Waals surface area contributed by atoms with Crippen molar-refractivity contribution in [3.63, 3.8) is 0 Å². The van der Waals surface area contributed by atoms with Crippen LogP contribution in [0.15, 0.2) is 265 Å². The molecule has 0 bridgehead atoms. The van der Waals surface area contributed by atoms with Gasteiger partial charge in [-0.25, -0.2) is 0 Å². The second kappa shape index (κ2) is 15.8. The quantitative estimate of drug-likeness (QED) is 0.151. The Morgan fingerprint density at radius 1 is 0.313 bits per heavy atom. The van der Waals surface area contributed by atoms with Crippen LogP contribution in [0.4, 0.5) is 17.1 Å². The van der Waals surface area contributed by atoms with Crippen LogP contribution in [0.25, 0.3) is 77.2 Å². The first-order valence-corrected chi connectivity index (χ1v) is 23.1. The molecule has 2 heteroatoms. The number of benzene rings is 11. The Kier molecular flexibility index (Phi) is 9.11. The maximum absolute atomic E-state index is 6.20. The maximum atomic E-state index is 6.20. The summed E-state index contributed by atoms with van der Waals surface area (Å²) in [5.41, 5.74) is 19.3. The zero-order valence-corrected chi connectivity index (χ0v) is 36.7. The monoisotopic (exact) mass is 853 g/mol. The van der Waals surface area contributed by atoms with E-state index in [0.29, 0.717) is 0 Å². The summed E-state index contributed by atoms with van der Waals surface area (Å²) in [5.74, 6) is 0. The van der Waals surface area contributed by atoms with E-state index in [1.165, 1.54) is 66.4 Å². The Bertz CT molecular complexity index is 3740. The minimum absolute atomic E-state index is 0.519. The Morgan fingerprint density at radius 2 is 0.821 bits per heavy atom. The van der Waals surface area contributed by atoms with Gasteiger partial charge in [-0.05, 0) is 127 Å². The van der Waals surface area contributed by atoms with Gasteiger partial charge in [0.25, 0.3) is 0 Å². The smallest absolute Gasteiger partial charge is 0.135 e. The van der Waals surface area contributed by atoms with E-state index in [1.807, 2.05) is 12.1 Å². The Morgan fingerprint density at radius 3 is 1.57 bits per heavy atom. The van der Waals surface area contributed by atoms with E-state index < -0.39 is 5.41 Å². The second-order valence-electron chi connectivity index (χ2n) is 17.6. The van der Waals surface area contributed by atoms with Crippen molar-refractivity contribution in [3.8, 4) is 44.5 Å². The summed E-state index contributed by atoms with van der Waals surface area (Å²) >= 11 is 0. The molecule has 314 valence electrons. The molecule has 13 rings (SSSR count). The van der Waals surface area contributed by atoms with Gasteiger partial charge in [0.05, 0.1) is 11.1 Å². The molecule has 0 N–H and O–H groups in total. The van der Waals surface area contributed by atoms with E-state index in [-0.39, 0.29) is 0 Å². The number of anilines is 3. The first-order chi connectivity index (χ1) is 33.2. The Hall–Kier alpha value is -8.72. The second-order valence-corrected chi connectivity index (χ2v) is 17.6. The van der Waals surface area contributed by atoms with E-state index in [9.17, 15) is 0 Å². The van der Waals surface area contributed by atoms with E-state index in [2.05, 4.69) is 254 Å². The van der Waals surface area contributed by atoms with E-state index in [4.69, 9.17) is 4.42 Å². The molecule has 0 spiro atoms. The van der Waals surface area contributed by atoms with Crippen LogP contribution in [0.5, 0.6) is 0 Å². The molecule has 1 aliphatic carbocycles. The van der Waals surface area contributed by atoms with Crippen molar-refractivity contribution in [2.45, 2.75) is 5.41 Å². The van der Waals surface area contributed by atoms with Crippen LogP contribution in [0.1, 0.15) is 22.3 Å². The molecule has 1 aliphatic rings. The van der Waals surface area contributed by atoms with E-state index in [0.717, 1.165) is 50.1 Å². The molecule has 67 heavy (non-hydrogen) atoms. The maximum Gasteiger partial charge on any atom is 0.135 e. The summed E-state index contributed by atoms with van der Waals surface area (Å²) in [6, 6.07) is 95.2. The highest BCUT2D eigenvalue weighted by molar-refractivity contribution is 6.06. The standard InChI is InChI=1S/C65H43NO/c1-4-15-44(16-5-1)45-27-29-46(30-28-45)48-31-32-50-42-55(39-35-49(50)41-48)66(54-37-33-47(34-38-54)51-36-40-63-58(43-51)56-21-11-13-26-62(56)67-63)61-25-14-24-60-64(61)57-22-10-12-23-59(57)65(60,52-17-6-2-7-18-52)53-19-8-3-9-20-53/h1-43H. The number of nitrogens with zero attached hydrogens (tertiary/aromatic N) is 1. The van der Waals surface area contributed by atoms with Crippen molar-refractivity contribution >= 4 is 49.8 Å². The molecule has 12 aromatic rings. The van der Waals surface area contributed by atoms with Crippen molar-refractivity contribution < 1.29 is 4.42 Å². The van der Waals surface area contributed by atoms with Crippen LogP contribution < -0.4 is 4.90 Å². The molecule has 0 saturated carbocycles. The largest absolute Gasteiger partial charge is 0.456 e. The average molecular weight is 854 g/mol. The van der Waals surface area contributed by atoms with Gasteiger partial charge < -0.3 is 9.32 Å². The van der Waals surface area contributed by atoms with Crippen molar-refractivity contribution in [1.82, 2.24) is 0 Å². The summed E-state index contributed by atoms with van der Waals surface area (Å²) in [6.07, 6.45) is 0. The van der Waals surface area contributed by atoms with Crippen LogP contribution in [-0.4, -0.2) is 0 Å². The Balaban J connectivity index is 0.975. The van der Waals surface area contributed by atoms with Gasteiger partial charge in [-0.15, -0.1) is 0 Å². The molecule has 11 aromatic carbocycles. The van der Waals surface area contributed by atoms with Crippen LogP contribution in [0.2, 0.25) is 0 Å². The molecule has 0 aliphatic heterocycles. The lowest BCUT2D eigenvalue weighted by Crippen LogP contribution is -2.28. The zero-order valence-electron chi connectivity index (χ0n) is 36.7. The lowest BCUT2D eigenvalue weighted by molar-refractivity contribution is 0.669. The van der Waals surface area contributed by atoms with Crippen LogP contribution in [0.3, 0.4) is 0 Å². The first kappa shape index (κ1) is 38.7. The fraction of sp³-hybridized carbons (Fsp3) is 0.0154. The minimum Gasteiger partial charge on any atom is -0.456 e. The van der Waals surface area contributed by atoms with Crippen molar-refractivity contribution in [2.75, 3.05) is 4.90 Å². The normalized spacial score (nSPS) is 12.6. The Labute approximate surface area is 390 Å². The van der Waals surface area contributed by atoms with E-state index in [1.54, 1.807) is 0 Å². The highest BCUT2D eigenvalue weighted by Gasteiger charge is 2.47. The molecule has 2 nitrogen and oxygen atoms in total. The van der Waals surface area contributed by atoms with Gasteiger partial charge in [-0.1, -0.05) is 206 Å². The molecular formula is C65H43NO. The van der Waals surface area contributed by atoms with Gasteiger partial charge in [-0.2, -0.15) is 0 Å². The van der Waals surface area contributed by atoms with Gasteiger partial charge in [0.15, 0.2) is 0 Å². The topological polar surface area (TPSA) is 16.4 Å². The van der Waals surface area contributed by atoms with Crippen LogP contribution in [-0.2, 0) is 5.41 Å². The lowest BCUT2D eigenvalue weighted by atomic mass is 9.68. The van der Waals surface area contributed by atoms with E-state index >= 15 is 0 Å². The number of rotatable bonds is 8. The zero-order chi connectivity index (χ0) is 44.3. The van der Waals surface area contributed by atoms with Gasteiger partial charge in [0.2, 0.25) is 0 Å². The highest BCUT2D eigenvalue weighted by Crippen LogP contribution is 2.59. The van der Waals surface area contributed by atoms with Crippen LogP contribution >= 0.6 is 0 Å². The van der Waals surface area contributed by atoms with Crippen molar-refractivity contribution in [1.29, 1.82) is 0 Å². The average Bonchev–Trinajstić information content (AvgIpc) is 3.93. The predicted octanol–water partition coefficient (Wildman–Crippen LogP) is 17.6. The molecule has 1 aromatic heterocycles. The predicted molar refractivity (Wildman–Crippen MR) is 280 cm³/mol. The summed E-state index contributed by atoms with van der Waals surface area (Å²) in [7, 11) is 0. The summed E-state index contributed by atoms with van der Waals surface area (Å²) in [5, 5.41) is 4.63. The fourth-order valence-corrected chi connectivity index (χ4v) is 10.8. The van der Waals surface area contributed by atoms with Gasteiger partial charge in [0.1, 0.15) is 11.2 Å². The third-order valence-electron chi connectivity index (χ3n) is 13.9. The fourth-order valence-electron chi connectivity index (χ4n) is 10.8. The number of fused-ring (bicyclic) bond motifs is 7. The summed E-state index contributed by atoms with van der Waals surface area (Å²) < 4.78 is 6.20. The third-order valence-corrected chi connectivity index (χ3v) is 13.9. The molecule has 0 atom stereocenters. The summed E-state index contributed by atoms with van der Waals surface area (Å²) in [4.78, 5) is 2.47. The molecule has 0 saturated heterocycles. The minimum atomic E-state index is -0.519. The number of hydrogen-bond acceptors (Lipinski definition) is 2.